The Kier molecular flexibility index (Phi) is 6.40. The molecule has 0 spiro atoms. The fraction of sp³-hybridized carbons (Fsp3) is 0.125. The Bertz CT molecular complexity index is 1260. The highest BCUT2D eigenvalue weighted by molar-refractivity contribution is 5.96. The van der Waals surface area contributed by atoms with Crippen LogP contribution in [0.1, 0.15) is 34.8 Å². The molecule has 0 bridgehead atoms. The van der Waals surface area contributed by atoms with E-state index in [9.17, 15) is 14.9 Å². The van der Waals surface area contributed by atoms with Crippen LogP contribution < -0.4 is 5.32 Å². The van der Waals surface area contributed by atoms with Gasteiger partial charge in [0.05, 0.1) is 10.5 Å². The van der Waals surface area contributed by atoms with Crippen LogP contribution in [0.25, 0.3) is 11.5 Å². The lowest BCUT2D eigenvalue weighted by Crippen LogP contribution is -2.13. The van der Waals surface area contributed by atoms with Crippen LogP contribution in [0.4, 0.5) is 11.4 Å². The third-order valence-electron chi connectivity index (χ3n) is 4.85. The highest BCUT2D eigenvalue weighted by Gasteiger charge is 2.23. The first-order chi connectivity index (χ1) is 16.0. The number of carbonyl (C=O) groups excluding carboxylic acids is 1. The Labute approximate surface area is 189 Å². The van der Waals surface area contributed by atoms with Gasteiger partial charge in [-0.1, -0.05) is 48.5 Å². The number of hydrogen-bond acceptors (Lipinski definition) is 8. The van der Waals surface area contributed by atoms with Crippen LogP contribution in [0.2, 0.25) is 0 Å². The van der Waals surface area contributed by atoms with E-state index < -0.39 is 17.0 Å². The fourth-order valence-electron chi connectivity index (χ4n) is 3.13. The first kappa shape index (κ1) is 21.7. The van der Waals surface area contributed by atoms with Crippen molar-refractivity contribution in [1.82, 2.24) is 10.2 Å². The average Bonchev–Trinajstić information content (AvgIpc) is 3.34. The normalized spacial score (nSPS) is 11.5. The molecule has 3 aromatic carbocycles. The van der Waals surface area contributed by atoms with Crippen LogP contribution in [0, 0.1) is 10.1 Å². The molecular weight excluding hydrogens is 424 g/mol. The maximum Gasteiger partial charge on any atom is 0.341 e. The average molecular weight is 444 g/mol. The summed E-state index contributed by atoms with van der Waals surface area (Å²) in [7, 11) is 0. The van der Waals surface area contributed by atoms with Gasteiger partial charge in [0, 0.05) is 29.9 Å². The molecule has 0 amide bonds. The Hall–Kier alpha value is -4.53. The largest absolute Gasteiger partial charge is 0.449 e. The predicted octanol–water partition coefficient (Wildman–Crippen LogP) is 5.17. The number of nitro groups is 1. The molecule has 1 unspecified atom stereocenters. The molecule has 1 atom stereocenters. The van der Waals surface area contributed by atoms with Crippen molar-refractivity contribution in [1.29, 1.82) is 0 Å². The van der Waals surface area contributed by atoms with E-state index in [-0.39, 0.29) is 17.1 Å². The number of nitrogens with one attached hydrogen (secondary N) is 1. The van der Waals surface area contributed by atoms with Gasteiger partial charge in [-0.25, -0.2) is 4.79 Å². The molecule has 0 aliphatic carbocycles. The Morgan fingerprint density at radius 1 is 1.06 bits per heavy atom. The zero-order valence-corrected chi connectivity index (χ0v) is 17.7. The SMILES string of the molecule is CC(OC(=O)c1cc([N+](=O)[O-])ccc1NCc1ccccc1)c1nnc(-c2ccccc2)o1. The number of anilines is 1. The van der Waals surface area contributed by atoms with Crippen LogP contribution in [-0.2, 0) is 11.3 Å². The van der Waals surface area contributed by atoms with Gasteiger partial charge in [0.15, 0.2) is 6.10 Å². The molecular formula is C24H20N4O5. The fourth-order valence-corrected chi connectivity index (χ4v) is 3.13. The van der Waals surface area contributed by atoms with Gasteiger partial charge in [0.1, 0.15) is 0 Å². The van der Waals surface area contributed by atoms with E-state index in [1.54, 1.807) is 6.92 Å². The summed E-state index contributed by atoms with van der Waals surface area (Å²) in [5.41, 5.74) is 1.96. The van der Waals surface area contributed by atoms with E-state index in [1.807, 2.05) is 60.7 Å². The number of aromatic nitrogens is 2. The summed E-state index contributed by atoms with van der Waals surface area (Å²) in [5.74, 6) is -0.332. The third kappa shape index (κ3) is 5.21. The summed E-state index contributed by atoms with van der Waals surface area (Å²) >= 11 is 0. The molecule has 0 saturated heterocycles. The minimum absolute atomic E-state index is 0.0368. The summed E-state index contributed by atoms with van der Waals surface area (Å²) < 4.78 is 11.1. The molecule has 4 aromatic rings. The van der Waals surface area contributed by atoms with Gasteiger partial charge in [0.2, 0.25) is 5.89 Å². The number of nitrogens with zero attached hydrogens (tertiary/aromatic N) is 3. The Morgan fingerprint density at radius 3 is 2.45 bits per heavy atom. The molecule has 9 heteroatoms. The topological polar surface area (TPSA) is 120 Å². The van der Waals surface area contributed by atoms with Crippen molar-refractivity contribution in [2.24, 2.45) is 0 Å². The number of rotatable bonds is 8. The summed E-state index contributed by atoms with van der Waals surface area (Å²) in [6.07, 6.45) is -0.858. The van der Waals surface area contributed by atoms with Gasteiger partial charge < -0.3 is 14.5 Å². The van der Waals surface area contributed by atoms with Crippen molar-refractivity contribution >= 4 is 17.3 Å². The van der Waals surface area contributed by atoms with Crippen molar-refractivity contribution in [3.05, 3.63) is 106 Å². The molecule has 0 radical (unpaired) electrons. The molecule has 166 valence electrons. The molecule has 0 aliphatic heterocycles. The van der Waals surface area contributed by atoms with Crippen LogP contribution in [0.5, 0.6) is 0 Å². The molecule has 33 heavy (non-hydrogen) atoms. The lowest BCUT2D eigenvalue weighted by atomic mass is 10.1. The van der Waals surface area contributed by atoms with Crippen molar-refractivity contribution < 1.29 is 18.9 Å². The van der Waals surface area contributed by atoms with Gasteiger partial charge in [-0.2, -0.15) is 0 Å². The van der Waals surface area contributed by atoms with E-state index in [2.05, 4.69) is 15.5 Å². The second kappa shape index (κ2) is 9.73. The molecule has 1 N–H and O–H groups in total. The molecule has 9 nitrogen and oxygen atoms in total. The van der Waals surface area contributed by atoms with Crippen LogP contribution in [0.3, 0.4) is 0 Å². The monoisotopic (exact) mass is 444 g/mol. The van der Waals surface area contributed by atoms with Gasteiger partial charge in [-0.3, -0.25) is 10.1 Å². The zero-order valence-electron chi connectivity index (χ0n) is 17.7. The second-order valence-electron chi connectivity index (χ2n) is 7.19. The molecule has 0 fully saturated rings. The lowest BCUT2D eigenvalue weighted by molar-refractivity contribution is -0.384. The van der Waals surface area contributed by atoms with E-state index in [1.165, 1.54) is 18.2 Å². The number of nitro benzene ring substituents is 1. The van der Waals surface area contributed by atoms with Crippen molar-refractivity contribution in [3.63, 3.8) is 0 Å². The number of non-ortho nitro benzene ring substituents is 1. The number of benzene rings is 3. The summed E-state index contributed by atoms with van der Waals surface area (Å²) in [4.78, 5) is 23.6. The van der Waals surface area contributed by atoms with Crippen LogP contribution in [0.15, 0.2) is 83.3 Å². The van der Waals surface area contributed by atoms with Gasteiger partial charge in [0.25, 0.3) is 11.6 Å². The van der Waals surface area contributed by atoms with Crippen LogP contribution >= 0.6 is 0 Å². The van der Waals surface area contributed by atoms with Crippen LogP contribution in [-0.4, -0.2) is 21.1 Å². The first-order valence-corrected chi connectivity index (χ1v) is 10.2. The van der Waals surface area contributed by atoms with Gasteiger partial charge >= 0.3 is 5.97 Å². The van der Waals surface area contributed by atoms with E-state index in [4.69, 9.17) is 9.15 Å². The number of carbonyl (C=O) groups is 1. The number of ether oxygens (including phenoxy) is 1. The Balaban J connectivity index is 1.53. The maximum absolute atomic E-state index is 12.9. The number of esters is 1. The van der Waals surface area contributed by atoms with E-state index in [0.29, 0.717) is 18.1 Å². The minimum Gasteiger partial charge on any atom is -0.449 e. The van der Waals surface area contributed by atoms with Gasteiger partial charge in [-0.15, -0.1) is 10.2 Å². The second-order valence-corrected chi connectivity index (χ2v) is 7.19. The predicted molar refractivity (Wildman–Crippen MR) is 120 cm³/mol. The van der Waals surface area contributed by atoms with E-state index in [0.717, 1.165) is 11.1 Å². The summed E-state index contributed by atoms with van der Waals surface area (Å²) in [6.45, 7) is 2.02. The number of hydrogen-bond donors (Lipinski definition) is 1. The van der Waals surface area contributed by atoms with E-state index >= 15 is 0 Å². The van der Waals surface area contributed by atoms with Crippen molar-refractivity contribution in [2.45, 2.75) is 19.6 Å². The minimum atomic E-state index is -0.858. The zero-order chi connectivity index (χ0) is 23.2. The smallest absolute Gasteiger partial charge is 0.341 e. The molecule has 0 aliphatic rings. The summed E-state index contributed by atoms with van der Waals surface area (Å²) in [6, 6.07) is 22.8. The molecule has 4 rings (SSSR count). The van der Waals surface area contributed by atoms with Crippen molar-refractivity contribution in [2.75, 3.05) is 5.32 Å². The first-order valence-electron chi connectivity index (χ1n) is 10.2. The summed E-state index contributed by atoms with van der Waals surface area (Å²) in [5, 5.41) is 22.3. The maximum atomic E-state index is 12.9. The van der Waals surface area contributed by atoms with Gasteiger partial charge in [-0.05, 0) is 30.7 Å². The quantitative estimate of drug-likeness (QED) is 0.224. The Morgan fingerprint density at radius 2 is 1.76 bits per heavy atom. The lowest BCUT2D eigenvalue weighted by Gasteiger charge is -2.14. The molecule has 1 aromatic heterocycles. The third-order valence-corrected chi connectivity index (χ3v) is 4.85. The molecule has 0 saturated carbocycles. The van der Waals surface area contributed by atoms with Crippen molar-refractivity contribution in [3.8, 4) is 11.5 Å². The molecule has 1 heterocycles. The highest BCUT2D eigenvalue weighted by atomic mass is 16.6. The standard InChI is InChI=1S/C24H20N4O5/c1-16(22-26-27-23(33-22)18-10-6-3-7-11-18)32-24(29)20-14-19(28(30)31)12-13-21(20)25-15-17-8-4-2-5-9-17/h2-14,16,25H,15H2,1H3. The highest BCUT2D eigenvalue weighted by Crippen LogP contribution is 2.27.